The van der Waals surface area contributed by atoms with Crippen molar-refractivity contribution in [3.8, 4) is 77.9 Å². The fourth-order valence-corrected chi connectivity index (χ4v) is 8.59. The second kappa shape index (κ2) is 17.7. The third-order valence-electron chi connectivity index (χ3n) is 11.9. The lowest BCUT2D eigenvalue weighted by Crippen LogP contribution is -2.09. The van der Waals surface area contributed by atoms with Crippen LogP contribution in [-0.4, -0.2) is 0 Å². The van der Waals surface area contributed by atoms with Crippen LogP contribution in [0.4, 0.5) is 17.1 Å². The van der Waals surface area contributed by atoms with E-state index in [2.05, 4.69) is 42.5 Å². The van der Waals surface area contributed by atoms with Crippen molar-refractivity contribution in [3.63, 3.8) is 0 Å². The zero-order chi connectivity index (χ0) is 50.3. The van der Waals surface area contributed by atoms with Crippen molar-refractivity contribution in [2.24, 2.45) is 0 Å². The average Bonchev–Trinajstić information content (AvgIpc) is 3.45. The standard InChI is InChI=1S/C64H45N/c1-5-15-46(16-6-1)47-25-27-48(28-26-47)49-29-37-57(38-30-49)65(59-41-33-54(34-42-59)62-44-35-53-21-13-14-24-61(53)64(62)55-22-11-4-12-23-55)58-39-31-50(32-40-58)56-36-43-60(51-17-7-2-8-18-51)63(45-56)52-19-9-3-10-20-52/h1-45H/i29D,30D,33D,34D,37D,38D,41D,42D. The van der Waals surface area contributed by atoms with E-state index in [1.807, 2.05) is 158 Å². The summed E-state index contributed by atoms with van der Waals surface area (Å²) in [5.74, 6) is 0. The summed E-state index contributed by atoms with van der Waals surface area (Å²) in [6.45, 7) is 0. The zero-order valence-electron chi connectivity index (χ0n) is 43.3. The Morgan fingerprint density at radius 2 is 0.662 bits per heavy atom. The monoisotopic (exact) mass is 835 g/mol. The van der Waals surface area contributed by atoms with Crippen molar-refractivity contribution in [1.82, 2.24) is 0 Å². The van der Waals surface area contributed by atoms with Gasteiger partial charge in [0.15, 0.2) is 0 Å². The Morgan fingerprint density at radius 1 is 0.246 bits per heavy atom. The number of hydrogen-bond donors (Lipinski definition) is 0. The van der Waals surface area contributed by atoms with E-state index >= 15 is 0 Å². The topological polar surface area (TPSA) is 3.24 Å². The highest BCUT2D eigenvalue weighted by atomic mass is 15.1. The first kappa shape index (κ1) is 31.3. The fraction of sp³-hybridized carbons (Fsp3) is 0. The van der Waals surface area contributed by atoms with Crippen LogP contribution in [0.3, 0.4) is 0 Å². The molecule has 0 spiro atoms. The van der Waals surface area contributed by atoms with E-state index in [0.717, 1.165) is 66.4 Å². The fourth-order valence-electron chi connectivity index (χ4n) is 8.59. The van der Waals surface area contributed by atoms with Crippen LogP contribution in [0, 0.1) is 0 Å². The minimum atomic E-state index is -0.409. The Labute approximate surface area is 393 Å². The third-order valence-corrected chi connectivity index (χ3v) is 11.9. The minimum Gasteiger partial charge on any atom is -0.311 e. The molecule has 11 aromatic rings. The van der Waals surface area contributed by atoms with E-state index in [0.29, 0.717) is 16.8 Å². The largest absolute Gasteiger partial charge is 0.311 e. The molecule has 0 fully saturated rings. The molecule has 11 rings (SSSR count). The van der Waals surface area contributed by atoms with Crippen molar-refractivity contribution in [2.75, 3.05) is 4.90 Å². The molecule has 0 aliphatic rings. The van der Waals surface area contributed by atoms with E-state index in [1.54, 1.807) is 24.3 Å². The molecule has 0 aliphatic heterocycles. The van der Waals surface area contributed by atoms with Crippen LogP contribution in [0.1, 0.15) is 11.0 Å². The number of hydrogen-bond acceptors (Lipinski definition) is 1. The summed E-state index contributed by atoms with van der Waals surface area (Å²) in [5, 5.41) is 1.84. The summed E-state index contributed by atoms with van der Waals surface area (Å²) in [7, 11) is 0. The molecule has 0 atom stereocenters. The quantitative estimate of drug-likeness (QED) is 0.133. The molecule has 0 saturated carbocycles. The van der Waals surface area contributed by atoms with Crippen LogP contribution >= 0.6 is 0 Å². The van der Waals surface area contributed by atoms with E-state index < -0.39 is 24.2 Å². The van der Waals surface area contributed by atoms with Gasteiger partial charge in [-0.2, -0.15) is 0 Å². The van der Waals surface area contributed by atoms with Crippen LogP contribution < -0.4 is 4.90 Å². The highest BCUT2D eigenvalue weighted by Gasteiger charge is 2.17. The first-order valence-corrected chi connectivity index (χ1v) is 21.7. The van der Waals surface area contributed by atoms with Gasteiger partial charge in [-0.05, 0) is 131 Å². The SMILES string of the molecule is [2H]c1c([2H])c(N(c2ccc(-c3ccc(-c4ccccc4)c(-c4ccccc4)c3)cc2)c2c([2H])c([2H])c(-c3ccc4ccccc4c3-c3ccccc3)c([2H])c2[2H])c([2H])c([2H])c1-c1ccc(-c2ccccc2)cc1. The smallest absolute Gasteiger partial charge is 0.0645 e. The van der Waals surface area contributed by atoms with Gasteiger partial charge >= 0.3 is 0 Å². The van der Waals surface area contributed by atoms with Gasteiger partial charge in [0.05, 0.1) is 11.0 Å². The number of fused-ring (bicyclic) bond motifs is 1. The zero-order valence-corrected chi connectivity index (χ0v) is 35.3. The van der Waals surface area contributed by atoms with Gasteiger partial charge < -0.3 is 4.90 Å². The van der Waals surface area contributed by atoms with Crippen LogP contribution in [0.2, 0.25) is 0 Å². The summed E-state index contributed by atoms with van der Waals surface area (Å²) in [6.07, 6.45) is 0. The molecular weight excluding hydrogens is 783 g/mol. The molecule has 0 radical (unpaired) electrons. The maximum absolute atomic E-state index is 9.83. The molecule has 11 aromatic carbocycles. The highest BCUT2D eigenvalue weighted by molar-refractivity contribution is 6.04. The van der Waals surface area contributed by atoms with Crippen LogP contribution in [-0.2, 0) is 0 Å². The molecule has 0 saturated heterocycles. The molecule has 0 aliphatic carbocycles. The first-order chi connectivity index (χ1) is 35.6. The van der Waals surface area contributed by atoms with Gasteiger partial charge in [-0.1, -0.05) is 230 Å². The minimum absolute atomic E-state index is 0.0978. The number of nitrogens with zero attached hydrogens (tertiary/aromatic N) is 1. The molecular formula is C64H45N. The Morgan fingerprint density at radius 3 is 1.26 bits per heavy atom. The van der Waals surface area contributed by atoms with E-state index in [1.165, 1.54) is 4.90 Å². The second-order valence-electron chi connectivity index (χ2n) is 15.8. The maximum Gasteiger partial charge on any atom is 0.0645 e. The lowest BCUT2D eigenvalue weighted by molar-refractivity contribution is 1.28. The Hall–Kier alpha value is -8.52. The van der Waals surface area contributed by atoms with Crippen molar-refractivity contribution in [2.45, 2.75) is 0 Å². The number of anilines is 3. The summed E-state index contributed by atoms with van der Waals surface area (Å²) >= 11 is 0. The van der Waals surface area contributed by atoms with Gasteiger partial charge in [-0.3, -0.25) is 0 Å². The first-order valence-electron chi connectivity index (χ1n) is 25.7. The lowest BCUT2D eigenvalue weighted by Gasteiger charge is -2.26. The third kappa shape index (κ3) is 8.04. The van der Waals surface area contributed by atoms with Gasteiger partial charge in [0.2, 0.25) is 0 Å². The Bertz CT molecular complexity index is 3790. The van der Waals surface area contributed by atoms with E-state index in [9.17, 15) is 11.0 Å². The molecule has 0 unspecified atom stereocenters. The molecule has 0 N–H and O–H groups in total. The van der Waals surface area contributed by atoms with Gasteiger partial charge in [0.25, 0.3) is 0 Å². The lowest BCUT2D eigenvalue weighted by atomic mass is 9.90. The maximum atomic E-state index is 9.83. The average molecular weight is 836 g/mol. The molecule has 306 valence electrons. The Kier molecular flexibility index (Phi) is 8.53. The molecule has 65 heavy (non-hydrogen) atoms. The van der Waals surface area contributed by atoms with Crippen molar-refractivity contribution in [1.29, 1.82) is 0 Å². The molecule has 0 bridgehead atoms. The summed E-state index contributed by atoms with van der Waals surface area (Å²) in [4.78, 5) is 1.36. The van der Waals surface area contributed by atoms with Crippen molar-refractivity contribution >= 4 is 27.8 Å². The summed E-state index contributed by atoms with van der Waals surface area (Å²) in [5.41, 5.74) is 10.6. The van der Waals surface area contributed by atoms with Gasteiger partial charge in [0, 0.05) is 17.1 Å². The molecule has 0 heterocycles. The predicted octanol–water partition coefficient (Wildman–Crippen LogP) is 18.0. The number of rotatable bonds is 10. The summed E-state index contributed by atoms with van der Waals surface area (Å²) < 4.78 is 77.5. The van der Waals surface area contributed by atoms with Gasteiger partial charge in [-0.25, -0.2) is 0 Å². The highest BCUT2D eigenvalue weighted by Crippen LogP contribution is 2.42. The molecule has 1 nitrogen and oxygen atoms in total. The predicted molar refractivity (Wildman–Crippen MR) is 277 cm³/mol. The van der Waals surface area contributed by atoms with Crippen molar-refractivity contribution < 1.29 is 11.0 Å². The van der Waals surface area contributed by atoms with Crippen LogP contribution in [0.25, 0.3) is 88.7 Å². The van der Waals surface area contributed by atoms with Crippen molar-refractivity contribution in [3.05, 3.63) is 273 Å². The molecule has 0 aromatic heterocycles. The number of benzene rings is 11. The van der Waals surface area contributed by atoms with Gasteiger partial charge in [-0.15, -0.1) is 0 Å². The normalized spacial score (nSPS) is 12.8. The van der Waals surface area contributed by atoms with E-state index in [4.69, 9.17) is 0 Å². The van der Waals surface area contributed by atoms with Crippen LogP contribution in [0.5, 0.6) is 0 Å². The second-order valence-corrected chi connectivity index (χ2v) is 15.8. The molecule has 1 heteroatoms. The van der Waals surface area contributed by atoms with E-state index in [-0.39, 0.29) is 46.7 Å². The van der Waals surface area contributed by atoms with Crippen LogP contribution in [0.15, 0.2) is 273 Å². The Balaban J connectivity index is 1.10. The summed E-state index contributed by atoms with van der Waals surface area (Å²) in [6, 6.07) is 69.7. The molecule has 0 amide bonds. The van der Waals surface area contributed by atoms with Gasteiger partial charge in [0.1, 0.15) is 0 Å².